The third-order valence-electron chi connectivity index (χ3n) is 3.69. The number of aromatic nitrogens is 2. The smallest absolute Gasteiger partial charge is 0.277 e. The van der Waals surface area contributed by atoms with Crippen molar-refractivity contribution in [1.29, 1.82) is 0 Å². The molecule has 2 N–H and O–H groups in total. The summed E-state index contributed by atoms with van der Waals surface area (Å²) in [5.74, 6) is 0.173. The summed E-state index contributed by atoms with van der Waals surface area (Å²) < 4.78 is 6.52. The Morgan fingerprint density at radius 2 is 2.12 bits per heavy atom. The molecule has 1 atom stereocenters. The summed E-state index contributed by atoms with van der Waals surface area (Å²) in [5, 5.41) is 13.8. The van der Waals surface area contributed by atoms with Crippen LogP contribution in [-0.4, -0.2) is 40.4 Å². The summed E-state index contributed by atoms with van der Waals surface area (Å²) in [5.41, 5.74) is 0.808. The topological polar surface area (TPSA) is 97.1 Å². The predicted molar refractivity (Wildman–Crippen MR) is 96.9 cm³/mol. The maximum Gasteiger partial charge on any atom is 0.277 e. The number of nitrogens with one attached hydrogen (secondary N) is 2. The Bertz CT molecular complexity index is 750. The molecule has 0 spiro atoms. The van der Waals surface area contributed by atoms with Crippen molar-refractivity contribution in [2.24, 2.45) is 0 Å². The highest BCUT2D eigenvalue weighted by Crippen LogP contribution is 2.24. The Balaban J connectivity index is 1.52. The lowest BCUT2D eigenvalue weighted by molar-refractivity contribution is -0.127. The third-order valence-corrected chi connectivity index (χ3v) is 5.04. The van der Waals surface area contributed by atoms with Gasteiger partial charge in [-0.3, -0.25) is 9.59 Å². The van der Waals surface area contributed by atoms with Gasteiger partial charge in [-0.2, -0.15) is 0 Å². The van der Waals surface area contributed by atoms with E-state index in [1.165, 1.54) is 0 Å². The number of benzene rings is 1. The molecule has 1 fully saturated rings. The number of hydrogen-bond donors (Lipinski definition) is 2. The molecule has 2 amide bonds. The van der Waals surface area contributed by atoms with Crippen LogP contribution in [0.3, 0.4) is 0 Å². The Labute approximate surface area is 157 Å². The van der Waals surface area contributed by atoms with E-state index < -0.39 is 6.04 Å². The van der Waals surface area contributed by atoms with Crippen LogP contribution in [0.25, 0.3) is 11.5 Å². The first kappa shape index (κ1) is 17.9. The van der Waals surface area contributed by atoms with Gasteiger partial charge >= 0.3 is 0 Å². The van der Waals surface area contributed by atoms with E-state index in [9.17, 15) is 9.59 Å². The molecule has 0 radical (unpaired) electrons. The summed E-state index contributed by atoms with van der Waals surface area (Å²) in [6.45, 7) is 0.667. The van der Waals surface area contributed by atoms with Crippen LogP contribution < -0.4 is 10.6 Å². The molecule has 1 aliphatic rings. The van der Waals surface area contributed by atoms with E-state index >= 15 is 0 Å². The quantitative estimate of drug-likeness (QED) is 0.715. The molecule has 3 rings (SSSR count). The normalized spacial score (nSPS) is 17.6. The molecule has 1 saturated heterocycles. The van der Waals surface area contributed by atoms with Crippen LogP contribution >= 0.6 is 27.7 Å². The highest BCUT2D eigenvalue weighted by molar-refractivity contribution is 9.10. The van der Waals surface area contributed by atoms with Crippen LogP contribution in [-0.2, 0) is 9.59 Å². The zero-order chi connectivity index (χ0) is 17.6. The zero-order valence-corrected chi connectivity index (χ0v) is 15.7. The molecule has 1 aromatic heterocycles. The van der Waals surface area contributed by atoms with Gasteiger partial charge in [0.1, 0.15) is 6.04 Å². The monoisotopic (exact) mass is 424 g/mol. The average Bonchev–Trinajstić information content (AvgIpc) is 2.99. The molecule has 9 heteroatoms. The van der Waals surface area contributed by atoms with E-state index in [1.807, 2.05) is 24.3 Å². The molecule has 132 valence electrons. The van der Waals surface area contributed by atoms with E-state index in [0.29, 0.717) is 24.1 Å². The van der Waals surface area contributed by atoms with Gasteiger partial charge in [0.15, 0.2) is 0 Å². The number of hydrogen-bond acceptors (Lipinski definition) is 6. The van der Waals surface area contributed by atoms with Gasteiger partial charge < -0.3 is 15.1 Å². The molecule has 2 heterocycles. The van der Waals surface area contributed by atoms with Gasteiger partial charge in [0.05, 0.1) is 5.75 Å². The van der Waals surface area contributed by atoms with Gasteiger partial charge in [-0.15, -0.1) is 10.2 Å². The van der Waals surface area contributed by atoms with E-state index in [1.54, 1.807) is 0 Å². The second-order valence-electron chi connectivity index (χ2n) is 5.58. The number of carbonyl (C=O) groups excluding carboxylic acids is 2. The highest BCUT2D eigenvalue weighted by Gasteiger charge is 2.22. The van der Waals surface area contributed by atoms with Crippen molar-refractivity contribution >= 4 is 39.5 Å². The van der Waals surface area contributed by atoms with Crippen molar-refractivity contribution < 1.29 is 14.0 Å². The van der Waals surface area contributed by atoms with Crippen LogP contribution in [0, 0.1) is 0 Å². The maximum absolute atomic E-state index is 12.0. The number of carbonyl (C=O) groups is 2. The maximum atomic E-state index is 12.0. The van der Waals surface area contributed by atoms with E-state index in [0.717, 1.165) is 34.6 Å². The number of thioether (sulfide) groups is 1. The Morgan fingerprint density at radius 1 is 1.32 bits per heavy atom. The minimum Gasteiger partial charge on any atom is -0.411 e. The van der Waals surface area contributed by atoms with Crippen LogP contribution in [0.5, 0.6) is 0 Å². The molecule has 7 nitrogen and oxygen atoms in total. The van der Waals surface area contributed by atoms with Crippen molar-refractivity contribution in [2.75, 3.05) is 12.3 Å². The minimum absolute atomic E-state index is 0.117. The fraction of sp³-hybridized carbons (Fsp3) is 0.375. The molecular weight excluding hydrogens is 408 g/mol. The van der Waals surface area contributed by atoms with Gasteiger partial charge in [-0.1, -0.05) is 27.7 Å². The first-order valence-corrected chi connectivity index (χ1v) is 9.69. The van der Waals surface area contributed by atoms with Gasteiger partial charge in [0.2, 0.25) is 17.7 Å². The number of amides is 2. The van der Waals surface area contributed by atoms with Crippen molar-refractivity contribution in [2.45, 2.75) is 30.5 Å². The molecule has 1 aromatic carbocycles. The predicted octanol–water partition coefficient (Wildman–Crippen LogP) is 2.38. The van der Waals surface area contributed by atoms with Gasteiger partial charge in [-0.25, -0.2) is 0 Å². The molecular formula is C16H17BrN4O3S. The summed E-state index contributed by atoms with van der Waals surface area (Å²) in [7, 11) is 0. The number of nitrogens with zero attached hydrogens (tertiary/aromatic N) is 2. The summed E-state index contributed by atoms with van der Waals surface area (Å²) >= 11 is 4.52. The van der Waals surface area contributed by atoms with Crippen molar-refractivity contribution in [3.8, 4) is 11.5 Å². The number of rotatable bonds is 5. The Morgan fingerprint density at radius 3 is 2.92 bits per heavy atom. The molecule has 0 saturated carbocycles. The molecule has 1 aliphatic heterocycles. The number of halogens is 1. The van der Waals surface area contributed by atoms with Gasteiger partial charge in [0, 0.05) is 16.6 Å². The van der Waals surface area contributed by atoms with Crippen molar-refractivity contribution in [3.63, 3.8) is 0 Å². The van der Waals surface area contributed by atoms with E-state index in [2.05, 4.69) is 36.8 Å². The minimum atomic E-state index is -0.461. The molecule has 0 aliphatic carbocycles. The van der Waals surface area contributed by atoms with Gasteiger partial charge in [-0.05, 0) is 43.5 Å². The summed E-state index contributed by atoms with van der Waals surface area (Å²) in [6.07, 6.45) is 2.52. The molecule has 25 heavy (non-hydrogen) atoms. The second-order valence-corrected chi connectivity index (χ2v) is 7.42. The summed E-state index contributed by atoms with van der Waals surface area (Å²) in [6, 6.07) is 7.04. The third kappa shape index (κ3) is 5.05. The largest absolute Gasteiger partial charge is 0.411 e. The molecule has 0 bridgehead atoms. The highest BCUT2D eigenvalue weighted by atomic mass is 79.9. The van der Waals surface area contributed by atoms with E-state index in [-0.39, 0.29) is 17.6 Å². The average molecular weight is 425 g/mol. The lowest BCUT2D eigenvalue weighted by Gasteiger charge is -2.14. The van der Waals surface area contributed by atoms with Crippen LogP contribution in [0.15, 0.2) is 38.4 Å². The lowest BCUT2D eigenvalue weighted by Crippen LogP contribution is -2.46. The van der Waals surface area contributed by atoms with Crippen LogP contribution in [0.4, 0.5) is 0 Å². The Kier molecular flexibility index (Phi) is 6.09. The van der Waals surface area contributed by atoms with Crippen LogP contribution in [0.1, 0.15) is 19.3 Å². The SMILES string of the molecule is O=C(CSc1nnc(-c2ccc(Br)cc2)o1)N[C@H]1CCCCNC1=O. The standard InChI is InChI=1S/C16H17BrN4O3S/c17-11-6-4-10(5-7-11)15-20-21-16(24-15)25-9-13(22)19-12-3-1-2-8-18-14(12)23/h4-7,12H,1-3,8-9H2,(H,18,23)(H,19,22)/t12-/m0/s1. The molecule has 2 aromatic rings. The van der Waals surface area contributed by atoms with Crippen molar-refractivity contribution in [3.05, 3.63) is 28.7 Å². The van der Waals surface area contributed by atoms with Crippen molar-refractivity contribution in [1.82, 2.24) is 20.8 Å². The van der Waals surface area contributed by atoms with E-state index in [4.69, 9.17) is 4.42 Å². The fourth-order valence-corrected chi connectivity index (χ4v) is 3.26. The molecule has 0 unspecified atom stereocenters. The fourth-order valence-electron chi connectivity index (χ4n) is 2.42. The van der Waals surface area contributed by atoms with Gasteiger partial charge in [0.25, 0.3) is 5.22 Å². The summed E-state index contributed by atoms with van der Waals surface area (Å²) in [4.78, 5) is 23.9. The zero-order valence-electron chi connectivity index (χ0n) is 13.3. The van der Waals surface area contributed by atoms with Crippen LogP contribution in [0.2, 0.25) is 0 Å². The second kappa shape index (κ2) is 8.48. The first-order chi connectivity index (χ1) is 12.1. The Hall–Kier alpha value is -1.87. The lowest BCUT2D eigenvalue weighted by atomic mass is 10.1. The first-order valence-electron chi connectivity index (χ1n) is 7.91.